The molecular weight excluding hydrogens is 498 g/mol. The summed E-state index contributed by atoms with van der Waals surface area (Å²) in [5.74, 6) is 0.770. The van der Waals surface area contributed by atoms with Crippen LogP contribution in [0.25, 0.3) is 39.2 Å². The van der Waals surface area contributed by atoms with Gasteiger partial charge in [0.1, 0.15) is 11.4 Å². The molecule has 0 spiro atoms. The number of ether oxygens (including phenoxy) is 1. The maximum absolute atomic E-state index is 13.4. The zero-order valence-electron chi connectivity index (χ0n) is 20.3. The summed E-state index contributed by atoms with van der Waals surface area (Å²) < 4.78 is 8.95. The van der Waals surface area contributed by atoms with Crippen molar-refractivity contribution in [2.45, 2.75) is 6.92 Å². The number of thiazole rings is 1. The number of hydrogen-bond acceptors (Lipinski definition) is 7. The third-order valence-corrected chi connectivity index (χ3v) is 6.88. The summed E-state index contributed by atoms with van der Waals surface area (Å²) in [7, 11) is 0. The summed E-state index contributed by atoms with van der Waals surface area (Å²) in [6.45, 7) is 2.52. The van der Waals surface area contributed by atoms with Crippen LogP contribution >= 0.6 is 11.3 Å². The lowest BCUT2D eigenvalue weighted by atomic mass is 10.1. The maximum atomic E-state index is 13.4. The summed E-state index contributed by atoms with van der Waals surface area (Å²) in [5.41, 5.74) is 3.13. The van der Waals surface area contributed by atoms with Gasteiger partial charge in [-0.05, 0) is 49.4 Å². The minimum atomic E-state index is -0.476. The minimum Gasteiger partial charge on any atom is -0.494 e. The molecule has 38 heavy (non-hydrogen) atoms. The molecule has 0 unspecified atom stereocenters. The highest BCUT2D eigenvalue weighted by Crippen LogP contribution is 2.26. The maximum Gasteiger partial charge on any atom is 0.300 e. The molecule has 6 rings (SSSR count). The molecule has 0 N–H and O–H groups in total. The molecule has 6 aromatic rings. The topological polar surface area (TPSA) is 91.4 Å². The SMILES string of the molecule is CCOc1ccc(-c2nn(-c3ccccc3)cc2C=c2sc3nc(=O)c(-c4ccccc4)nn3c2=O)cc1. The van der Waals surface area contributed by atoms with E-state index >= 15 is 0 Å². The van der Waals surface area contributed by atoms with Gasteiger partial charge in [-0.2, -0.15) is 19.7 Å². The Morgan fingerprint density at radius 3 is 2.24 bits per heavy atom. The Morgan fingerprint density at radius 2 is 1.53 bits per heavy atom. The summed E-state index contributed by atoms with van der Waals surface area (Å²) in [5, 5.41) is 9.19. The van der Waals surface area contributed by atoms with E-state index in [1.807, 2.05) is 85.9 Å². The van der Waals surface area contributed by atoms with Gasteiger partial charge in [-0.25, -0.2) is 4.68 Å². The van der Waals surface area contributed by atoms with Crippen molar-refractivity contribution in [3.63, 3.8) is 0 Å². The molecule has 3 heterocycles. The lowest BCUT2D eigenvalue weighted by molar-refractivity contribution is 0.340. The van der Waals surface area contributed by atoms with Crippen LogP contribution in [0.2, 0.25) is 0 Å². The van der Waals surface area contributed by atoms with E-state index in [4.69, 9.17) is 9.84 Å². The highest BCUT2D eigenvalue weighted by Gasteiger charge is 2.15. The van der Waals surface area contributed by atoms with Crippen LogP contribution in [-0.4, -0.2) is 31.0 Å². The fourth-order valence-electron chi connectivity index (χ4n) is 4.13. The van der Waals surface area contributed by atoms with E-state index in [0.29, 0.717) is 22.4 Å². The van der Waals surface area contributed by atoms with Gasteiger partial charge >= 0.3 is 5.56 Å². The van der Waals surface area contributed by atoms with Crippen LogP contribution in [0.5, 0.6) is 5.75 Å². The average Bonchev–Trinajstić information content (AvgIpc) is 3.50. The predicted molar refractivity (Wildman–Crippen MR) is 148 cm³/mol. The summed E-state index contributed by atoms with van der Waals surface area (Å²) in [6.07, 6.45) is 3.65. The Morgan fingerprint density at radius 1 is 0.842 bits per heavy atom. The number of fused-ring (bicyclic) bond motifs is 1. The molecule has 0 radical (unpaired) electrons. The first-order chi connectivity index (χ1) is 18.6. The van der Waals surface area contributed by atoms with Gasteiger partial charge in [-0.3, -0.25) is 9.59 Å². The van der Waals surface area contributed by atoms with E-state index in [1.54, 1.807) is 22.9 Å². The van der Waals surface area contributed by atoms with Crippen molar-refractivity contribution < 1.29 is 4.74 Å². The van der Waals surface area contributed by atoms with Crippen LogP contribution in [0.3, 0.4) is 0 Å². The van der Waals surface area contributed by atoms with E-state index in [-0.39, 0.29) is 16.2 Å². The summed E-state index contributed by atoms with van der Waals surface area (Å²) >= 11 is 1.12. The largest absolute Gasteiger partial charge is 0.494 e. The average molecular weight is 520 g/mol. The van der Waals surface area contributed by atoms with Gasteiger partial charge in [0.15, 0.2) is 5.69 Å². The first-order valence-corrected chi connectivity index (χ1v) is 12.8. The third-order valence-electron chi connectivity index (χ3n) is 5.92. The number of para-hydroxylation sites is 1. The first kappa shape index (κ1) is 23.5. The van der Waals surface area contributed by atoms with E-state index in [9.17, 15) is 9.59 Å². The van der Waals surface area contributed by atoms with Gasteiger partial charge in [0.25, 0.3) is 5.56 Å². The van der Waals surface area contributed by atoms with Crippen molar-refractivity contribution in [1.29, 1.82) is 0 Å². The molecule has 186 valence electrons. The molecule has 0 aliphatic heterocycles. The van der Waals surface area contributed by atoms with Gasteiger partial charge in [-0.1, -0.05) is 59.9 Å². The third kappa shape index (κ3) is 4.39. The Kier molecular flexibility index (Phi) is 6.11. The fraction of sp³-hybridized carbons (Fsp3) is 0.0690. The Labute approximate surface area is 220 Å². The van der Waals surface area contributed by atoms with E-state index in [0.717, 1.165) is 33.9 Å². The lowest BCUT2D eigenvalue weighted by Crippen LogP contribution is -2.26. The second kappa shape index (κ2) is 9.87. The van der Waals surface area contributed by atoms with E-state index in [2.05, 4.69) is 10.1 Å². The van der Waals surface area contributed by atoms with Gasteiger partial charge < -0.3 is 4.74 Å². The van der Waals surface area contributed by atoms with Crippen LogP contribution in [0.15, 0.2) is 101 Å². The first-order valence-electron chi connectivity index (χ1n) is 12.0. The predicted octanol–water partition coefficient (Wildman–Crippen LogP) is 3.98. The van der Waals surface area contributed by atoms with Gasteiger partial charge in [-0.15, -0.1) is 0 Å². The quantitative estimate of drug-likeness (QED) is 0.331. The molecule has 3 aromatic carbocycles. The number of benzene rings is 3. The van der Waals surface area contributed by atoms with Crippen molar-refractivity contribution in [1.82, 2.24) is 24.4 Å². The molecule has 9 heteroatoms. The smallest absolute Gasteiger partial charge is 0.300 e. The van der Waals surface area contributed by atoms with Crippen molar-refractivity contribution in [2.75, 3.05) is 6.61 Å². The zero-order chi connectivity index (χ0) is 26.1. The number of aromatic nitrogens is 5. The highest BCUT2D eigenvalue weighted by molar-refractivity contribution is 7.15. The molecule has 0 fully saturated rings. The molecule has 0 aliphatic rings. The van der Waals surface area contributed by atoms with Crippen molar-refractivity contribution in [3.8, 4) is 34.0 Å². The van der Waals surface area contributed by atoms with Gasteiger partial charge in [0.05, 0.1) is 16.8 Å². The normalized spacial score (nSPS) is 11.8. The Balaban J connectivity index is 1.52. The summed E-state index contributed by atoms with van der Waals surface area (Å²) in [6, 6.07) is 26.4. The van der Waals surface area contributed by atoms with Crippen LogP contribution in [0.4, 0.5) is 0 Å². The molecule has 0 aliphatic carbocycles. The van der Waals surface area contributed by atoms with Crippen LogP contribution in [0.1, 0.15) is 12.5 Å². The van der Waals surface area contributed by atoms with Crippen molar-refractivity contribution >= 4 is 22.4 Å². The number of hydrogen-bond donors (Lipinski definition) is 0. The van der Waals surface area contributed by atoms with Gasteiger partial charge in [0, 0.05) is 22.9 Å². The van der Waals surface area contributed by atoms with Gasteiger partial charge in [0.2, 0.25) is 4.96 Å². The van der Waals surface area contributed by atoms with Crippen molar-refractivity contribution in [2.24, 2.45) is 0 Å². The monoisotopic (exact) mass is 519 g/mol. The van der Waals surface area contributed by atoms with Crippen LogP contribution < -0.4 is 20.4 Å². The number of rotatable bonds is 6. The Hall–Kier alpha value is -4.89. The second-order valence-electron chi connectivity index (χ2n) is 8.41. The number of nitrogens with zero attached hydrogens (tertiary/aromatic N) is 5. The van der Waals surface area contributed by atoms with Crippen LogP contribution in [0, 0.1) is 0 Å². The lowest BCUT2D eigenvalue weighted by Gasteiger charge is -2.04. The molecule has 8 nitrogen and oxygen atoms in total. The molecule has 0 saturated heterocycles. The molecule has 0 atom stereocenters. The van der Waals surface area contributed by atoms with E-state index < -0.39 is 5.56 Å². The standard InChI is InChI=1S/C29H21N5O3S/c1-2-37-23-15-13-20(14-16-23)25-21(18-33(31-25)22-11-7-4-8-12-22)17-24-28(36)34-29(38-24)30-27(35)26(32-34)19-9-5-3-6-10-19/h3-18H,2H2,1H3. The minimum absolute atomic E-state index is 0.136. The fourth-order valence-corrected chi connectivity index (χ4v) is 5.03. The zero-order valence-corrected chi connectivity index (χ0v) is 21.1. The molecule has 0 saturated carbocycles. The molecule has 0 amide bonds. The van der Waals surface area contributed by atoms with Crippen molar-refractivity contribution in [3.05, 3.63) is 122 Å². The Bertz CT molecular complexity index is 1910. The highest BCUT2D eigenvalue weighted by atomic mass is 32.1. The second-order valence-corrected chi connectivity index (χ2v) is 9.42. The molecular formula is C29H21N5O3S. The van der Waals surface area contributed by atoms with E-state index in [1.165, 1.54) is 4.52 Å². The molecule has 0 bridgehead atoms. The summed E-state index contributed by atoms with van der Waals surface area (Å²) in [4.78, 5) is 30.4. The molecule has 3 aromatic heterocycles. The van der Waals surface area contributed by atoms with Crippen LogP contribution in [-0.2, 0) is 0 Å².